The Bertz CT molecular complexity index is 1360. The first kappa shape index (κ1) is 27.3. The number of amides is 1. The van der Waals surface area contributed by atoms with E-state index in [0.717, 1.165) is 15.6 Å². The Hall–Kier alpha value is -3.79. The average molecular weight is 542 g/mol. The normalized spacial score (nSPS) is 13.8. The Balaban J connectivity index is 1.59. The number of nitrogens with zero attached hydrogens (tertiary/aromatic N) is 3. The summed E-state index contributed by atoms with van der Waals surface area (Å²) in [6, 6.07) is 17.8. The molecule has 1 amide bonds. The van der Waals surface area contributed by atoms with Crippen molar-refractivity contribution in [2.75, 3.05) is 55.6 Å². The van der Waals surface area contributed by atoms with E-state index in [9.17, 15) is 17.6 Å². The van der Waals surface area contributed by atoms with Crippen molar-refractivity contribution in [2.45, 2.75) is 18.7 Å². The molecule has 0 radical (unpaired) electrons. The minimum Gasteiger partial charge on any atom is -0.495 e. The first-order chi connectivity index (χ1) is 18.2. The number of ether oxygens (including phenoxy) is 2. The molecule has 3 aromatic rings. The SMILES string of the molecule is CCOc1ccc(N(CC(=O)N2CCN(c3ccc(F)cc3)CC2)S(=O)(=O)c2cc(C)ccc2OC)cc1. The lowest BCUT2D eigenvalue weighted by molar-refractivity contribution is -0.129. The number of hydrogen-bond acceptors (Lipinski definition) is 6. The summed E-state index contributed by atoms with van der Waals surface area (Å²) in [6.07, 6.45) is 0. The Morgan fingerprint density at radius 3 is 2.24 bits per heavy atom. The molecule has 202 valence electrons. The number of piperazine rings is 1. The first-order valence-corrected chi connectivity index (χ1v) is 13.9. The summed E-state index contributed by atoms with van der Waals surface area (Å²) >= 11 is 0. The van der Waals surface area contributed by atoms with Gasteiger partial charge in [-0.1, -0.05) is 6.07 Å². The van der Waals surface area contributed by atoms with E-state index < -0.39 is 10.0 Å². The number of carbonyl (C=O) groups excluding carboxylic acids is 1. The fourth-order valence-corrected chi connectivity index (χ4v) is 6.04. The molecule has 0 saturated carbocycles. The molecule has 1 fully saturated rings. The Labute approximate surface area is 223 Å². The fourth-order valence-electron chi connectivity index (χ4n) is 4.38. The quantitative estimate of drug-likeness (QED) is 0.406. The Kier molecular flexibility index (Phi) is 8.41. The van der Waals surface area contributed by atoms with Gasteiger partial charge in [-0.2, -0.15) is 0 Å². The molecule has 0 aliphatic carbocycles. The number of hydrogen-bond donors (Lipinski definition) is 0. The smallest absolute Gasteiger partial charge is 0.268 e. The molecule has 38 heavy (non-hydrogen) atoms. The second-order valence-corrected chi connectivity index (χ2v) is 10.8. The largest absolute Gasteiger partial charge is 0.495 e. The zero-order valence-corrected chi connectivity index (χ0v) is 22.6. The molecule has 10 heteroatoms. The molecular formula is C28H32FN3O5S. The number of methoxy groups -OCH3 is 1. The molecule has 0 unspecified atom stereocenters. The highest BCUT2D eigenvalue weighted by Crippen LogP contribution is 2.32. The maximum atomic E-state index is 14.0. The average Bonchev–Trinajstić information content (AvgIpc) is 2.93. The maximum absolute atomic E-state index is 14.0. The van der Waals surface area contributed by atoms with E-state index in [1.165, 1.54) is 19.2 Å². The van der Waals surface area contributed by atoms with Crippen LogP contribution in [-0.4, -0.2) is 65.7 Å². The lowest BCUT2D eigenvalue weighted by Crippen LogP contribution is -2.52. The van der Waals surface area contributed by atoms with Crippen LogP contribution in [0.3, 0.4) is 0 Å². The summed E-state index contributed by atoms with van der Waals surface area (Å²) in [5.74, 6) is 0.188. The van der Waals surface area contributed by atoms with E-state index in [4.69, 9.17) is 9.47 Å². The van der Waals surface area contributed by atoms with Crippen LogP contribution in [0, 0.1) is 12.7 Å². The molecule has 1 aliphatic heterocycles. The second kappa shape index (κ2) is 11.7. The zero-order valence-electron chi connectivity index (χ0n) is 21.8. The molecule has 0 aromatic heterocycles. The van der Waals surface area contributed by atoms with E-state index >= 15 is 0 Å². The van der Waals surface area contributed by atoms with E-state index in [-0.39, 0.29) is 28.9 Å². The summed E-state index contributed by atoms with van der Waals surface area (Å²) in [7, 11) is -2.75. The number of rotatable bonds is 9. The van der Waals surface area contributed by atoms with Gasteiger partial charge in [0.2, 0.25) is 5.91 Å². The number of aryl methyl sites for hydroxylation is 1. The van der Waals surface area contributed by atoms with Crippen molar-refractivity contribution in [3.8, 4) is 11.5 Å². The van der Waals surface area contributed by atoms with Crippen molar-refractivity contribution in [3.05, 3.63) is 78.1 Å². The van der Waals surface area contributed by atoms with Crippen LogP contribution in [0.2, 0.25) is 0 Å². The second-order valence-electron chi connectivity index (χ2n) is 8.94. The van der Waals surface area contributed by atoms with E-state index in [0.29, 0.717) is 44.2 Å². The summed E-state index contributed by atoms with van der Waals surface area (Å²) in [5.41, 5.74) is 1.97. The van der Waals surface area contributed by atoms with Gasteiger partial charge in [-0.15, -0.1) is 0 Å². The highest BCUT2D eigenvalue weighted by molar-refractivity contribution is 7.93. The third-order valence-electron chi connectivity index (χ3n) is 6.43. The summed E-state index contributed by atoms with van der Waals surface area (Å²) in [6.45, 7) is 5.71. The molecule has 0 atom stereocenters. The van der Waals surface area contributed by atoms with E-state index in [2.05, 4.69) is 4.90 Å². The van der Waals surface area contributed by atoms with Gasteiger partial charge in [0.25, 0.3) is 10.0 Å². The van der Waals surface area contributed by atoms with Gasteiger partial charge in [0.15, 0.2) is 0 Å². The Morgan fingerprint density at radius 2 is 1.63 bits per heavy atom. The fraction of sp³-hybridized carbons (Fsp3) is 0.321. The minimum atomic E-state index is -4.16. The molecule has 0 N–H and O–H groups in total. The van der Waals surface area contributed by atoms with E-state index in [1.54, 1.807) is 66.4 Å². The van der Waals surface area contributed by atoms with Crippen LogP contribution in [0.4, 0.5) is 15.8 Å². The van der Waals surface area contributed by atoms with Gasteiger partial charge in [0, 0.05) is 31.9 Å². The van der Waals surface area contributed by atoms with Crippen molar-refractivity contribution >= 4 is 27.3 Å². The van der Waals surface area contributed by atoms with Gasteiger partial charge in [0.1, 0.15) is 28.8 Å². The number of sulfonamides is 1. The summed E-state index contributed by atoms with van der Waals surface area (Å²) in [4.78, 5) is 17.2. The molecule has 3 aromatic carbocycles. The van der Waals surface area contributed by atoms with Crippen LogP contribution in [0.5, 0.6) is 11.5 Å². The van der Waals surface area contributed by atoms with Gasteiger partial charge in [-0.05, 0) is 80.1 Å². The predicted molar refractivity (Wildman–Crippen MR) is 145 cm³/mol. The molecule has 8 nitrogen and oxygen atoms in total. The molecule has 0 bridgehead atoms. The lowest BCUT2D eigenvalue weighted by Gasteiger charge is -2.37. The predicted octanol–water partition coefficient (Wildman–Crippen LogP) is 4.09. The van der Waals surface area contributed by atoms with Crippen molar-refractivity contribution < 1.29 is 27.1 Å². The van der Waals surface area contributed by atoms with Crippen LogP contribution in [-0.2, 0) is 14.8 Å². The molecule has 0 spiro atoms. The van der Waals surface area contributed by atoms with Crippen LogP contribution in [0.1, 0.15) is 12.5 Å². The van der Waals surface area contributed by atoms with Gasteiger partial charge >= 0.3 is 0 Å². The topological polar surface area (TPSA) is 79.4 Å². The molecular weight excluding hydrogens is 509 g/mol. The molecule has 1 saturated heterocycles. The zero-order chi connectivity index (χ0) is 27.3. The standard InChI is InChI=1S/C28H32FN3O5S/c1-4-37-25-12-10-24(11-13-25)32(38(34,35)27-19-21(2)5-14-26(27)36-3)20-28(33)31-17-15-30(16-18-31)23-8-6-22(29)7-9-23/h5-14,19H,4,15-18,20H2,1-3H3. The van der Waals surface area contributed by atoms with Crippen LogP contribution in [0.15, 0.2) is 71.6 Å². The third kappa shape index (κ3) is 6.02. The monoisotopic (exact) mass is 541 g/mol. The Morgan fingerprint density at radius 1 is 0.974 bits per heavy atom. The van der Waals surface area contributed by atoms with Gasteiger partial charge in [0.05, 0.1) is 19.4 Å². The summed E-state index contributed by atoms with van der Waals surface area (Å²) < 4.78 is 53.2. The van der Waals surface area contributed by atoms with E-state index in [1.807, 2.05) is 6.92 Å². The van der Waals surface area contributed by atoms with Gasteiger partial charge < -0.3 is 19.3 Å². The number of carbonyl (C=O) groups is 1. The van der Waals surface area contributed by atoms with Crippen LogP contribution < -0.4 is 18.7 Å². The van der Waals surface area contributed by atoms with Crippen molar-refractivity contribution in [1.82, 2.24) is 4.90 Å². The van der Waals surface area contributed by atoms with Crippen molar-refractivity contribution in [3.63, 3.8) is 0 Å². The van der Waals surface area contributed by atoms with Gasteiger partial charge in [-0.3, -0.25) is 9.10 Å². The minimum absolute atomic E-state index is 0.0113. The van der Waals surface area contributed by atoms with Gasteiger partial charge in [-0.25, -0.2) is 12.8 Å². The highest BCUT2D eigenvalue weighted by atomic mass is 32.2. The maximum Gasteiger partial charge on any atom is 0.268 e. The van der Waals surface area contributed by atoms with Crippen LogP contribution in [0.25, 0.3) is 0 Å². The highest BCUT2D eigenvalue weighted by Gasteiger charge is 2.32. The van der Waals surface area contributed by atoms with Crippen molar-refractivity contribution in [2.24, 2.45) is 0 Å². The molecule has 1 heterocycles. The van der Waals surface area contributed by atoms with Crippen LogP contribution >= 0.6 is 0 Å². The third-order valence-corrected chi connectivity index (χ3v) is 8.22. The lowest BCUT2D eigenvalue weighted by atomic mass is 10.2. The molecule has 1 aliphatic rings. The number of benzene rings is 3. The molecule has 4 rings (SSSR count). The summed E-state index contributed by atoms with van der Waals surface area (Å²) in [5, 5.41) is 0. The number of halogens is 1. The van der Waals surface area contributed by atoms with Crippen molar-refractivity contribution in [1.29, 1.82) is 0 Å². The number of anilines is 2. The first-order valence-electron chi connectivity index (χ1n) is 12.4.